The Morgan fingerprint density at radius 3 is 2.24 bits per heavy atom. The molecule has 1 N–H and O–H groups in total. The van der Waals surface area contributed by atoms with Crippen molar-refractivity contribution in [2.24, 2.45) is 0 Å². The summed E-state index contributed by atoms with van der Waals surface area (Å²) in [5, 5.41) is 2.80. The number of benzene rings is 2. The zero-order valence-corrected chi connectivity index (χ0v) is 17.0. The van der Waals surface area contributed by atoms with E-state index in [1.54, 1.807) is 12.1 Å². The zero-order chi connectivity index (χ0) is 18.8. The van der Waals surface area contributed by atoms with Gasteiger partial charge in [-0.05, 0) is 55.7 Å². The average Bonchev–Trinajstić information content (AvgIpc) is 2.53. The van der Waals surface area contributed by atoms with Crippen molar-refractivity contribution in [3.8, 4) is 0 Å². The fourth-order valence-electron chi connectivity index (χ4n) is 2.44. The first kappa shape index (κ1) is 19.6. The highest BCUT2D eigenvalue weighted by Gasteiger charge is 2.23. The van der Waals surface area contributed by atoms with Crippen LogP contribution in [0.3, 0.4) is 0 Å². The Balaban J connectivity index is 2.16. The second-order valence-corrected chi connectivity index (χ2v) is 8.89. The van der Waals surface area contributed by atoms with E-state index in [0.717, 1.165) is 31.2 Å². The quantitative estimate of drug-likeness (QED) is 0.796. The summed E-state index contributed by atoms with van der Waals surface area (Å²) in [6, 6.07) is 10.5. The summed E-state index contributed by atoms with van der Waals surface area (Å²) in [5.41, 5.74) is 3.40. The van der Waals surface area contributed by atoms with E-state index < -0.39 is 10.0 Å². The molecule has 0 bridgehead atoms. The second-order valence-electron chi connectivity index (χ2n) is 5.99. The molecule has 0 atom stereocenters. The van der Waals surface area contributed by atoms with Gasteiger partial charge < -0.3 is 5.32 Å². The standard InChI is InChI=1S/C18H21BrN2O3S/c1-12-6-5-7-13(2)18(12)20-17(22)11-21(4)25(23,24)15-8-9-16(19)14(3)10-15/h5-10H,11H2,1-4H3,(H,20,22). The van der Waals surface area contributed by atoms with Crippen LogP contribution in [0.1, 0.15) is 16.7 Å². The Kier molecular flexibility index (Phi) is 6.03. The number of carbonyl (C=O) groups is 1. The second kappa shape index (κ2) is 7.68. The van der Waals surface area contributed by atoms with Crippen LogP contribution in [0, 0.1) is 20.8 Å². The molecule has 0 unspecified atom stereocenters. The number of nitrogens with one attached hydrogen (secondary N) is 1. The molecule has 0 radical (unpaired) electrons. The molecule has 25 heavy (non-hydrogen) atoms. The SMILES string of the molecule is Cc1cc(S(=O)(=O)N(C)CC(=O)Nc2c(C)cccc2C)ccc1Br. The van der Waals surface area contributed by atoms with Crippen molar-refractivity contribution in [1.29, 1.82) is 0 Å². The first-order valence-electron chi connectivity index (χ1n) is 7.71. The molecular weight excluding hydrogens is 404 g/mol. The lowest BCUT2D eigenvalue weighted by molar-refractivity contribution is -0.116. The Labute approximate surface area is 157 Å². The fraction of sp³-hybridized carbons (Fsp3) is 0.278. The maximum atomic E-state index is 12.6. The lowest BCUT2D eigenvalue weighted by Gasteiger charge is -2.18. The minimum absolute atomic E-state index is 0.163. The number of carbonyl (C=O) groups excluding carboxylic acids is 1. The maximum absolute atomic E-state index is 12.6. The molecule has 0 saturated carbocycles. The molecular formula is C18H21BrN2O3S. The number of anilines is 1. The van der Waals surface area contributed by atoms with Crippen molar-refractivity contribution >= 4 is 37.5 Å². The highest BCUT2D eigenvalue weighted by molar-refractivity contribution is 9.10. The van der Waals surface area contributed by atoms with E-state index in [4.69, 9.17) is 0 Å². The number of likely N-dealkylation sites (N-methyl/N-ethyl adjacent to an activating group) is 1. The molecule has 0 saturated heterocycles. The molecule has 134 valence electrons. The van der Waals surface area contributed by atoms with Crippen molar-refractivity contribution in [2.75, 3.05) is 18.9 Å². The Morgan fingerprint density at radius 1 is 1.08 bits per heavy atom. The number of amides is 1. The fourth-order valence-corrected chi connectivity index (χ4v) is 3.89. The number of aryl methyl sites for hydroxylation is 3. The molecule has 5 nitrogen and oxygen atoms in total. The third-order valence-electron chi connectivity index (χ3n) is 3.95. The predicted octanol–water partition coefficient (Wildman–Crippen LogP) is 3.63. The van der Waals surface area contributed by atoms with Crippen LogP contribution in [-0.4, -0.2) is 32.2 Å². The summed E-state index contributed by atoms with van der Waals surface area (Å²) in [6.45, 7) is 5.35. The van der Waals surface area contributed by atoms with E-state index in [9.17, 15) is 13.2 Å². The normalized spacial score (nSPS) is 11.6. The van der Waals surface area contributed by atoms with Crippen molar-refractivity contribution < 1.29 is 13.2 Å². The molecule has 2 aromatic rings. The number of halogens is 1. The molecule has 0 aromatic heterocycles. The molecule has 0 heterocycles. The summed E-state index contributed by atoms with van der Waals surface area (Å²) in [4.78, 5) is 12.5. The van der Waals surface area contributed by atoms with E-state index >= 15 is 0 Å². The van der Waals surface area contributed by atoms with Gasteiger partial charge in [-0.15, -0.1) is 0 Å². The minimum Gasteiger partial charge on any atom is -0.324 e. The van der Waals surface area contributed by atoms with Crippen LogP contribution in [-0.2, 0) is 14.8 Å². The van der Waals surface area contributed by atoms with E-state index in [0.29, 0.717) is 0 Å². The number of para-hydroxylation sites is 1. The average molecular weight is 425 g/mol. The van der Waals surface area contributed by atoms with Crippen LogP contribution < -0.4 is 5.32 Å². The first-order chi connectivity index (χ1) is 11.6. The Bertz CT molecular complexity index is 890. The number of hydrogen-bond acceptors (Lipinski definition) is 3. The summed E-state index contributed by atoms with van der Waals surface area (Å²) < 4.78 is 27.2. The largest absolute Gasteiger partial charge is 0.324 e. The van der Waals surface area contributed by atoms with Gasteiger partial charge in [0, 0.05) is 17.2 Å². The van der Waals surface area contributed by atoms with Crippen LogP contribution in [0.25, 0.3) is 0 Å². The van der Waals surface area contributed by atoms with Gasteiger partial charge in [-0.25, -0.2) is 8.42 Å². The summed E-state index contributed by atoms with van der Waals surface area (Å²) >= 11 is 3.35. The van der Waals surface area contributed by atoms with Crippen LogP contribution in [0.2, 0.25) is 0 Å². The number of nitrogens with zero attached hydrogens (tertiary/aromatic N) is 1. The summed E-state index contributed by atoms with van der Waals surface area (Å²) in [5.74, 6) is -0.377. The number of hydrogen-bond donors (Lipinski definition) is 1. The Hall–Kier alpha value is -1.70. The lowest BCUT2D eigenvalue weighted by atomic mass is 10.1. The molecule has 0 aliphatic rings. The highest BCUT2D eigenvalue weighted by atomic mass is 79.9. The summed E-state index contributed by atoms with van der Waals surface area (Å²) in [6.07, 6.45) is 0. The van der Waals surface area contributed by atoms with Gasteiger partial charge in [-0.3, -0.25) is 4.79 Å². The molecule has 0 aliphatic carbocycles. The first-order valence-corrected chi connectivity index (χ1v) is 9.95. The Morgan fingerprint density at radius 2 is 1.68 bits per heavy atom. The van der Waals surface area contributed by atoms with Crippen molar-refractivity contribution in [2.45, 2.75) is 25.7 Å². The monoisotopic (exact) mass is 424 g/mol. The van der Waals surface area contributed by atoms with E-state index in [1.165, 1.54) is 13.1 Å². The van der Waals surface area contributed by atoms with Crippen LogP contribution >= 0.6 is 15.9 Å². The molecule has 2 rings (SSSR count). The van der Waals surface area contributed by atoms with Gasteiger partial charge in [0.1, 0.15) is 0 Å². The smallest absolute Gasteiger partial charge is 0.243 e. The minimum atomic E-state index is -3.73. The molecule has 7 heteroatoms. The zero-order valence-electron chi connectivity index (χ0n) is 14.6. The van der Waals surface area contributed by atoms with Gasteiger partial charge >= 0.3 is 0 Å². The summed E-state index contributed by atoms with van der Waals surface area (Å²) in [7, 11) is -2.33. The van der Waals surface area contributed by atoms with Gasteiger partial charge in [0.15, 0.2) is 0 Å². The van der Waals surface area contributed by atoms with Crippen molar-refractivity contribution in [3.63, 3.8) is 0 Å². The van der Waals surface area contributed by atoms with Gasteiger partial charge in [-0.1, -0.05) is 34.1 Å². The molecule has 0 spiro atoms. The maximum Gasteiger partial charge on any atom is 0.243 e. The van der Waals surface area contributed by atoms with Gasteiger partial charge in [0.25, 0.3) is 0 Å². The predicted molar refractivity (Wildman–Crippen MR) is 103 cm³/mol. The van der Waals surface area contributed by atoms with Crippen LogP contribution in [0.15, 0.2) is 45.8 Å². The van der Waals surface area contributed by atoms with Crippen molar-refractivity contribution in [3.05, 3.63) is 57.6 Å². The van der Waals surface area contributed by atoms with E-state index in [1.807, 2.05) is 39.0 Å². The van der Waals surface area contributed by atoms with Gasteiger partial charge in [0.05, 0.1) is 11.4 Å². The highest BCUT2D eigenvalue weighted by Crippen LogP contribution is 2.23. The van der Waals surface area contributed by atoms with E-state index in [2.05, 4.69) is 21.2 Å². The molecule has 0 fully saturated rings. The van der Waals surface area contributed by atoms with E-state index in [-0.39, 0.29) is 17.3 Å². The molecule has 0 aliphatic heterocycles. The lowest BCUT2D eigenvalue weighted by Crippen LogP contribution is -2.35. The number of sulfonamides is 1. The van der Waals surface area contributed by atoms with Crippen LogP contribution in [0.4, 0.5) is 5.69 Å². The van der Waals surface area contributed by atoms with Gasteiger partial charge in [0.2, 0.25) is 15.9 Å². The van der Waals surface area contributed by atoms with Crippen molar-refractivity contribution in [1.82, 2.24) is 4.31 Å². The molecule has 1 amide bonds. The third-order valence-corrected chi connectivity index (χ3v) is 6.64. The topological polar surface area (TPSA) is 66.5 Å². The number of rotatable bonds is 5. The molecule has 2 aromatic carbocycles. The van der Waals surface area contributed by atoms with Gasteiger partial charge in [-0.2, -0.15) is 4.31 Å². The third kappa shape index (κ3) is 4.48. The van der Waals surface area contributed by atoms with Crippen LogP contribution in [0.5, 0.6) is 0 Å².